The highest BCUT2D eigenvalue weighted by Gasteiger charge is 2.35. The lowest BCUT2D eigenvalue weighted by Gasteiger charge is -2.19. The van der Waals surface area contributed by atoms with Gasteiger partial charge in [-0.15, -0.1) is 0 Å². The molecular formula is C9H12O5S. The number of carboxylic acid groups (broad SMARTS) is 1. The third-order valence-corrected chi connectivity index (χ3v) is 4.39. The monoisotopic (exact) mass is 232 g/mol. The second-order valence-corrected chi connectivity index (χ2v) is 6.32. The smallest absolute Gasteiger partial charge is 0.371 e. The van der Waals surface area contributed by atoms with Crippen molar-refractivity contribution in [2.75, 3.05) is 6.26 Å². The maximum Gasteiger partial charge on any atom is 0.371 e. The molecule has 1 rings (SSSR count). The Morgan fingerprint density at radius 2 is 1.93 bits per heavy atom. The number of sulfone groups is 1. The molecule has 0 bridgehead atoms. The Kier molecular flexibility index (Phi) is 2.65. The average Bonchev–Trinajstić information content (AvgIpc) is 2.49. The molecular weight excluding hydrogens is 220 g/mol. The SMILES string of the molecule is CC(C)(c1ccc(C(=O)O)o1)S(C)(=O)=O. The highest BCUT2D eigenvalue weighted by molar-refractivity contribution is 7.91. The maximum atomic E-state index is 11.4. The fraction of sp³-hybridized carbons (Fsp3) is 0.444. The minimum atomic E-state index is -3.35. The standard InChI is InChI=1S/C9H12O5S/c1-9(2,15(3,12)13)7-5-4-6(14-7)8(10)11/h4-5H,1-3H3,(H,10,11). The predicted octanol–water partition coefficient (Wildman–Crippen LogP) is 1.26. The van der Waals surface area contributed by atoms with Crippen LogP contribution in [-0.2, 0) is 14.6 Å². The number of rotatable bonds is 3. The second-order valence-electron chi connectivity index (χ2n) is 3.75. The van der Waals surface area contributed by atoms with E-state index in [-0.39, 0.29) is 11.5 Å². The molecule has 0 unspecified atom stereocenters. The van der Waals surface area contributed by atoms with E-state index in [4.69, 9.17) is 9.52 Å². The highest BCUT2D eigenvalue weighted by atomic mass is 32.2. The maximum absolute atomic E-state index is 11.4. The first kappa shape index (κ1) is 11.8. The minimum Gasteiger partial charge on any atom is -0.475 e. The van der Waals surface area contributed by atoms with E-state index in [9.17, 15) is 13.2 Å². The summed E-state index contributed by atoms with van der Waals surface area (Å²) >= 11 is 0. The van der Waals surface area contributed by atoms with Crippen LogP contribution in [-0.4, -0.2) is 25.7 Å². The lowest BCUT2D eigenvalue weighted by Crippen LogP contribution is -2.27. The second kappa shape index (κ2) is 3.37. The van der Waals surface area contributed by atoms with Crippen molar-refractivity contribution in [1.29, 1.82) is 0 Å². The predicted molar refractivity (Wildman–Crippen MR) is 53.5 cm³/mol. The van der Waals surface area contributed by atoms with Gasteiger partial charge in [-0.1, -0.05) is 0 Å². The van der Waals surface area contributed by atoms with Gasteiger partial charge in [0.25, 0.3) is 0 Å². The Bertz CT molecular complexity index is 480. The highest BCUT2D eigenvalue weighted by Crippen LogP contribution is 2.30. The summed E-state index contributed by atoms with van der Waals surface area (Å²) < 4.78 is 26.6. The molecule has 0 aromatic carbocycles. The van der Waals surface area contributed by atoms with Crippen molar-refractivity contribution in [3.63, 3.8) is 0 Å². The van der Waals surface area contributed by atoms with Gasteiger partial charge in [-0.05, 0) is 26.0 Å². The summed E-state index contributed by atoms with van der Waals surface area (Å²) in [5.41, 5.74) is 0. The normalized spacial score (nSPS) is 12.7. The van der Waals surface area contributed by atoms with E-state index >= 15 is 0 Å². The lowest BCUT2D eigenvalue weighted by molar-refractivity contribution is 0.0659. The number of aromatic carboxylic acids is 1. The number of furan rings is 1. The molecule has 1 heterocycles. The van der Waals surface area contributed by atoms with E-state index in [2.05, 4.69) is 0 Å². The van der Waals surface area contributed by atoms with Crippen LogP contribution in [0.5, 0.6) is 0 Å². The van der Waals surface area contributed by atoms with Crippen LogP contribution in [0.4, 0.5) is 0 Å². The van der Waals surface area contributed by atoms with Crippen molar-refractivity contribution >= 4 is 15.8 Å². The van der Waals surface area contributed by atoms with Gasteiger partial charge < -0.3 is 9.52 Å². The van der Waals surface area contributed by atoms with Gasteiger partial charge in [0, 0.05) is 6.26 Å². The molecule has 0 aliphatic rings. The Morgan fingerprint density at radius 3 is 2.27 bits per heavy atom. The van der Waals surface area contributed by atoms with Crippen LogP contribution in [0.1, 0.15) is 30.2 Å². The van der Waals surface area contributed by atoms with Crippen LogP contribution in [0.25, 0.3) is 0 Å². The molecule has 0 fully saturated rings. The van der Waals surface area contributed by atoms with E-state index in [0.717, 1.165) is 6.26 Å². The molecule has 15 heavy (non-hydrogen) atoms. The van der Waals surface area contributed by atoms with Crippen molar-refractivity contribution in [3.05, 3.63) is 23.7 Å². The molecule has 84 valence electrons. The van der Waals surface area contributed by atoms with Crippen molar-refractivity contribution < 1.29 is 22.7 Å². The van der Waals surface area contributed by atoms with Gasteiger partial charge in [-0.3, -0.25) is 0 Å². The quantitative estimate of drug-likeness (QED) is 0.847. The third kappa shape index (κ3) is 2.04. The summed E-state index contributed by atoms with van der Waals surface area (Å²) in [5, 5.41) is 8.62. The fourth-order valence-electron chi connectivity index (χ4n) is 0.959. The summed E-state index contributed by atoms with van der Waals surface area (Å²) in [5.74, 6) is -1.35. The molecule has 0 atom stereocenters. The topological polar surface area (TPSA) is 84.6 Å². The molecule has 1 aromatic heterocycles. The van der Waals surface area contributed by atoms with Gasteiger partial charge in [-0.2, -0.15) is 0 Å². The van der Waals surface area contributed by atoms with Crippen LogP contribution < -0.4 is 0 Å². The van der Waals surface area contributed by atoms with Gasteiger partial charge >= 0.3 is 5.97 Å². The van der Waals surface area contributed by atoms with Gasteiger partial charge in [0.1, 0.15) is 10.5 Å². The minimum absolute atomic E-state index is 0.127. The zero-order valence-electron chi connectivity index (χ0n) is 8.64. The largest absolute Gasteiger partial charge is 0.475 e. The summed E-state index contributed by atoms with van der Waals surface area (Å²) in [4.78, 5) is 10.5. The van der Waals surface area contributed by atoms with Crippen LogP contribution in [0, 0.1) is 0 Å². The van der Waals surface area contributed by atoms with E-state index < -0.39 is 20.6 Å². The van der Waals surface area contributed by atoms with E-state index in [1.165, 1.54) is 26.0 Å². The zero-order valence-corrected chi connectivity index (χ0v) is 9.46. The zero-order chi connectivity index (χ0) is 11.9. The van der Waals surface area contributed by atoms with Crippen molar-refractivity contribution in [3.8, 4) is 0 Å². The fourth-order valence-corrected chi connectivity index (χ4v) is 1.43. The molecule has 0 aliphatic heterocycles. The number of carboxylic acids is 1. The Labute approximate surface area is 87.6 Å². The molecule has 1 aromatic rings. The molecule has 0 radical (unpaired) electrons. The number of carbonyl (C=O) groups is 1. The van der Waals surface area contributed by atoms with Crippen LogP contribution in [0.15, 0.2) is 16.5 Å². The number of hydrogen-bond donors (Lipinski definition) is 1. The molecule has 5 nitrogen and oxygen atoms in total. The van der Waals surface area contributed by atoms with E-state index in [1.54, 1.807) is 0 Å². The first-order valence-electron chi connectivity index (χ1n) is 4.19. The molecule has 0 spiro atoms. The Hall–Kier alpha value is -1.30. The van der Waals surface area contributed by atoms with Crippen molar-refractivity contribution in [1.82, 2.24) is 0 Å². The van der Waals surface area contributed by atoms with Gasteiger partial charge in [-0.25, -0.2) is 13.2 Å². The molecule has 1 N–H and O–H groups in total. The van der Waals surface area contributed by atoms with E-state index in [0.29, 0.717) is 0 Å². The summed E-state index contributed by atoms with van der Waals surface area (Å²) in [6.45, 7) is 2.93. The summed E-state index contributed by atoms with van der Waals surface area (Å²) in [6, 6.07) is 2.61. The van der Waals surface area contributed by atoms with Gasteiger partial charge in [0.15, 0.2) is 9.84 Å². The average molecular weight is 232 g/mol. The van der Waals surface area contributed by atoms with Gasteiger partial charge in [0.05, 0.1) is 0 Å². The molecule has 6 heteroatoms. The van der Waals surface area contributed by atoms with Gasteiger partial charge in [0.2, 0.25) is 5.76 Å². The van der Waals surface area contributed by atoms with Crippen molar-refractivity contribution in [2.45, 2.75) is 18.6 Å². The lowest BCUT2D eigenvalue weighted by atomic mass is 10.1. The molecule has 0 aliphatic carbocycles. The van der Waals surface area contributed by atoms with Crippen LogP contribution in [0.3, 0.4) is 0 Å². The first-order valence-corrected chi connectivity index (χ1v) is 6.08. The van der Waals surface area contributed by atoms with Crippen molar-refractivity contribution in [2.24, 2.45) is 0 Å². The molecule has 0 saturated heterocycles. The Morgan fingerprint density at radius 1 is 1.40 bits per heavy atom. The third-order valence-electron chi connectivity index (χ3n) is 2.34. The van der Waals surface area contributed by atoms with Crippen LogP contribution in [0.2, 0.25) is 0 Å². The van der Waals surface area contributed by atoms with E-state index in [1.807, 2.05) is 0 Å². The first-order chi connectivity index (χ1) is 6.66. The Balaban J connectivity index is 3.23. The van der Waals surface area contributed by atoms with Crippen LogP contribution >= 0.6 is 0 Å². The summed E-state index contributed by atoms with van der Waals surface area (Å²) in [6.07, 6.45) is 1.08. The molecule has 0 saturated carbocycles. The summed E-state index contributed by atoms with van der Waals surface area (Å²) in [7, 11) is -3.35. The molecule has 0 amide bonds. The number of hydrogen-bond acceptors (Lipinski definition) is 4.